The fraction of sp³-hybridized carbons (Fsp3) is 0.727. The van der Waals surface area contributed by atoms with Crippen LogP contribution in [0, 0.1) is 0 Å². The van der Waals surface area contributed by atoms with Crippen molar-refractivity contribution in [1.82, 2.24) is 21.3 Å². The van der Waals surface area contributed by atoms with Crippen LogP contribution in [0.25, 0.3) is 0 Å². The Balaban J connectivity index is 3.03. The SMILES string of the molecule is NCCCC[C@@H]1NC(=O)COCC(=O)NCCCC[C@@H](C=O)NC(=O)[C@H](CCCN=C(N)N)NC1=O. The first-order chi connectivity index (χ1) is 17.3. The van der Waals surface area contributed by atoms with Gasteiger partial charge >= 0.3 is 0 Å². The lowest BCUT2D eigenvalue weighted by atomic mass is 10.1. The van der Waals surface area contributed by atoms with Crippen molar-refractivity contribution in [3.63, 3.8) is 0 Å². The summed E-state index contributed by atoms with van der Waals surface area (Å²) in [7, 11) is 0. The molecule has 0 aromatic carbocycles. The van der Waals surface area contributed by atoms with Gasteiger partial charge < -0.3 is 48.0 Å². The molecule has 1 heterocycles. The van der Waals surface area contributed by atoms with Gasteiger partial charge in [0, 0.05) is 13.1 Å². The molecule has 0 bridgehead atoms. The predicted molar refractivity (Wildman–Crippen MR) is 132 cm³/mol. The summed E-state index contributed by atoms with van der Waals surface area (Å²) in [6.45, 7) is 0.322. The number of carbonyl (C=O) groups is 5. The highest BCUT2D eigenvalue weighted by Crippen LogP contribution is 2.06. The summed E-state index contributed by atoms with van der Waals surface area (Å²) in [4.78, 5) is 65.6. The molecule has 0 aromatic rings. The standard InChI is InChI=1S/C22H40N8O6/c23-9-3-1-7-16-21(35)30-17(8-5-11-27-22(24)25)20(34)28-15(12-31)6-2-4-10-26-18(32)13-36-14-19(33)29-16/h12,15-17H,1-11,13-14,23H2,(H,26,32)(H,28,34)(H,29,33)(H,30,35)(H4,24,25,27)/t15-,16-,17-/m0/s1. The van der Waals surface area contributed by atoms with Gasteiger partial charge in [-0.3, -0.25) is 24.2 Å². The number of nitrogens with zero attached hydrogens (tertiary/aromatic N) is 1. The molecule has 10 N–H and O–H groups in total. The minimum atomic E-state index is -0.975. The zero-order chi connectivity index (χ0) is 26.8. The third kappa shape index (κ3) is 13.6. The number of nitrogens with one attached hydrogen (secondary N) is 4. The number of hydrogen-bond acceptors (Lipinski definition) is 8. The number of guanidine groups is 1. The van der Waals surface area contributed by atoms with E-state index >= 15 is 0 Å². The van der Waals surface area contributed by atoms with Crippen LogP contribution in [0.4, 0.5) is 0 Å². The largest absolute Gasteiger partial charge is 0.370 e. The Bertz CT molecular complexity index is 759. The van der Waals surface area contributed by atoms with E-state index in [1.54, 1.807) is 0 Å². The Labute approximate surface area is 210 Å². The highest BCUT2D eigenvalue weighted by Gasteiger charge is 2.27. The quantitative estimate of drug-likeness (QED) is 0.0727. The van der Waals surface area contributed by atoms with Crippen molar-refractivity contribution in [3.8, 4) is 0 Å². The maximum atomic E-state index is 13.1. The fourth-order valence-corrected chi connectivity index (χ4v) is 3.50. The molecule has 4 amide bonds. The Morgan fingerprint density at radius 2 is 1.58 bits per heavy atom. The molecule has 1 aliphatic rings. The molecule has 0 aliphatic carbocycles. The Morgan fingerprint density at radius 3 is 2.28 bits per heavy atom. The average Bonchev–Trinajstić information content (AvgIpc) is 2.83. The van der Waals surface area contributed by atoms with E-state index in [1.807, 2.05) is 0 Å². The fourth-order valence-electron chi connectivity index (χ4n) is 3.50. The Morgan fingerprint density at radius 1 is 0.917 bits per heavy atom. The maximum absolute atomic E-state index is 13.1. The second kappa shape index (κ2) is 18.1. The highest BCUT2D eigenvalue weighted by atomic mass is 16.5. The smallest absolute Gasteiger partial charge is 0.246 e. The zero-order valence-corrected chi connectivity index (χ0v) is 20.6. The van der Waals surface area contributed by atoms with Gasteiger partial charge in [-0.25, -0.2) is 0 Å². The molecular formula is C22H40N8O6. The highest BCUT2D eigenvalue weighted by molar-refractivity contribution is 5.93. The van der Waals surface area contributed by atoms with Crippen LogP contribution in [0.15, 0.2) is 4.99 Å². The number of amides is 4. The summed E-state index contributed by atoms with van der Waals surface area (Å²) >= 11 is 0. The van der Waals surface area contributed by atoms with Gasteiger partial charge in [0.05, 0.1) is 6.04 Å². The monoisotopic (exact) mass is 512 g/mol. The van der Waals surface area contributed by atoms with Gasteiger partial charge in [0.2, 0.25) is 23.6 Å². The summed E-state index contributed by atoms with van der Waals surface area (Å²) in [6.07, 6.45) is 4.23. The summed E-state index contributed by atoms with van der Waals surface area (Å²) in [5.41, 5.74) is 16.2. The van der Waals surface area contributed by atoms with Crippen LogP contribution in [0.5, 0.6) is 0 Å². The van der Waals surface area contributed by atoms with Crippen LogP contribution in [0.2, 0.25) is 0 Å². The van der Waals surface area contributed by atoms with Gasteiger partial charge in [0.1, 0.15) is 31.6 Å². The summed E-state index contributed by atoms with van der Waals surface area (Å²) in [5.74, 6) is -2.15. The van der Waals surface area contributed by atoms with E-state index in [1.165, 1.54) is 0 Å². The average molecular weight is 513 g/mol. The molecule has 0 aromatic heterocycles. The number of ether oxygens (including phenoxy) is 1. The topological polar surface area (TPSA) is 233 Å². The van der Waals surface area contributed by atoms with Crippen molar-refractivity contribution in [3.05, 3.63) is 0 Å². The van der Waals surface area contributed by atoms with Crippen molar-refractivity contribution < 1.29 is 28.7 Å². The summed E-state index contributed by atoms with van der Waals surface area (Å²) in [5, 5.41) is 10.6. The lowest BCUT2D eigenvalue weighted by Crippen LogP contribution is -2.55. The number of rotatable bonds is 9. The lowest BCUT2D eigenvalue weighted by molar-refractivity contribution is -0.135. The van der Waals surface area contributed by atoms with Gasteiger partial charge in [0.25, 0.3) is 0 Å². The first-order valence-electron chi connectivity index (χ1n) is 12.2. The van der Waals surface area contributed by atoms with Gasteiger partial charge in [-0.15, -0.1) is 0 Å². The predicted octanol–water partition coefficient (Wildman–Crippen LogP) is -2.86. The second-order valence-electron chi connectivity index (χ2n) is 8.50. The van der Waals surface area contributed by atoms with E-state index in [0.717, 1.165) is 0 Å². The van der Waals surface area contributed by atoms with Crippen molar-refractivity contribution in [2.75, 3.05) is 32.8 Å². The molecule has 1 saturated heterocycles. The van der Waals surface area contributed by atoms with Crippen molar-refractivity contribution in [1.29, 1.82) is 0 Å². The number of nitrogens with two attached hydrogens (primary N) is 3. The van der Waals surface area contributed by atoms with Crippen molar-refractivity contribution >= 4 is 35.9 Å². The number of unbranched alkanes of at least 4 members (excludes halogenated alkanes) is 1. The van der Waals surface area contributed by atoms with Crippen LogP contribution in [0.3, 0.4) is 0 Å². The number of hydrogen-bond donors (Lipinski definition) is 7. The summed E-state index contributed by atoms with van der Waals surface area (Å²) in [6, 6.07) is -2.68. The normalized spacial score (nSPS) is 23.2. The first-order valence-corrected chi connectivity index (χ1v) is 12.2. The van der Waals surface area contributed by atoms with Crippen LogP contribution < -0.4 is 38.5 Å². The molecule has 1 rings (SSSR count). The molecule has 1 fully saturated rings. The number of aliphatic imine (C=N–C) groups is 1. The molecule has 36 heavy (non-hydrogen) atoms. The minimum Gasteiger partial charge on any atom is -0.370 e. The second-order valence-corrected chi connectivity index (χ2v) is 8.50. The molecule has 0 unspecified atom stereocenters. The van der Waals surface area contributed by atoms with Gasteiger partial charge in [-0.1, -0.05) is 0 Å². The molecule has 14 heteroatoms. The molecule has 0 spiro atoms. The first kappa shape index (κ1) is 30.8. The van der Waals surface area contributed by atoms with E-state index in [2.05, 4.69) is 26.3 Å². The van der Waals surface area contributed by atoms with Gasteiger partial charge in [-0.05, 0) is 57.9 Å². The van der Waals surface area contributed by atoms with Crippen molar-refractivity contribution in [2.24, 2.45) is 22.2 Å². The number of aldehydes is 1. The summed E-state index contributed by atoms with van der Waals surface area (Å²) < 4.78 is 5.15. The molecule has 14 nitrogen and oxygen atoms in total. The van der Waals surface area contributed by atoms with Crippen LogP contribution in [-0.2, 0) is 28.7 Å². The van der Waals surface area contributed by atoms with Crippen LogP contribution >= 0.6 is 0 Å². The third-order valence-corrected chi connectivity index (χ3v) is 5.40. The van der Waals surface area contributed by atoms with E-state index < -0.39 is 42.5 Å². The molecule has 1 aliphatic heterocycles. The Hall–Kier alpha value is -3.26. The third-order valence-electron chi connectivity index (χ3n) is 5.40. The van der Waals surface area contributed by atoms with E-state index in [0.29, 0.717) is 57.9 Å². The maximum Gasteiger partial charge on any atom is 0.246 e. The van der Waals surface area contributed by atoms with Gasteiger partial charge in [-0.2, -0.15) is 0 Å². The Kier molecular flexibility index (Phi) is 15.4. The molecule has 204 valence electrons. The zero-order valence-electron chi connectivity index (χ0n) is 20.6. The minimum absolute atomic E-state index is 0.0877. The van der Waals surface area contributed by atoms with Crippen LogP contribution in [0.1, 0.15) is 51.4 Å². The molecule has 3 atom stereocenters. The van der Waals surface area contributed by atoms with Crippen molar-refractivity contribution in [2.45, 2.75) is 69.5 Å². The van der Waals surface area contributed by atoms with Gasteiger partial charge in [0.15, 0.2) is 5.96 Å². The molecule has 0 radical (unpaired) electrons. The number of carbonyl (C=O) groups excluding carboxylic acids is 5. The molecular weight excluding hydrogens is 472 g/mol. The van der Waals surface area contributed by atoms with E-state index in [4.69, 9.17) is 21.9 Å². The van der Waals surface area contributed by atoms with Crippen LogP contribution in [-0.4, -0.2) is 86.8 Å². The molecule has 0 saturated carbocycles. The van der Waals surface area contributed by atoms with E-state index in [9.17, 15) is 24.0 Å². The van der Waals surface area contributed by atoms with E-state index in [-0.39, 0.29) is 37.9 Å². The lowest BCUT2D eigenvalue weighted by Gasteiger charge is -2.24.